The first-order chi connectivity index (χ1) is 19.4. The second-order valence-corrected chi connectivity index (χ2v) is 14.2. The number of carboxylic acids is 1. The summed E-state index contributed by atoms with van der Waals surface area (Å²) in [5.41, 5.74) is 3.58. The maximum absolute atomic E-state index is 12.2. The van der Waals surface area contributed by atoms with E-state index in [9.17, 15) is 9.90 Å². The molecule has 0 aliphatic heterocycles. The number of benzene rings is 2. The van der Waals surface area contributed by atoms with Gasteiger partial charge < -0.3 is 14.4 Å². The third-order valence-electron chi connectivity index (χ3n) is 6.82. The lowest BCUT2D eigenvalue weighted by Gasteiger charge is -2.24. The molecule has 0 saturated carbocycles. The Morgan fingerprint density at radius 3 is 2.46 bits per heavy atom. The first kappa shape index (κ1) is 29.0. The molecule has 0 aliphatic rings. The van der Waals surface area contributed by atoms with Crippen molar-refractivity contribution in [2.45, 2.75) is 63.8 Å². The SMILES string of the molecule is CC(C)(C)Sc1c(CC(C)(C)C(=O)O)n(Cc2ccc(Cl)cc2)c2ncc(OCc3ccc4ccccc4n3)cc12. The zero-order valence-corrected chi connectivity index (χ0v) is 25.5. The van der Waals surface area contributed by atoms with Crippen LogP contribution in [0.2, 0.25) is 5.02 Å². The molecule has 5 rings (SSSR count). The van der Waals surface area contributed by atoms with E-state index in [1.165, 1.54) is 0 Å². The molecule has 0 spiro atoms. The van der Waals surface area contributed by atoms with Gasteiger partial charge in [0.2, 0.25) is 0 Å². The third kappa shape index (κ3) is 6.68. The number of pyridine rings is 2. The van der Waals surface area contributed by atoms with Crippen molar-refractivity contribution in [1.82, 2.24) is 14.5 Å². The number of hydrogen-bond donors (Lipinski definition) is 1. The Morgan fingerprint density at radius 2 is 1.76 bits per heavy atom. The number of aromatic nitrogens is 3. The molecule has 0 saturated heterocycles. The molecule has 0 unspecified atom stereocenters. The van der Waals surface area contributed by atoms with E-state index in [0.29, 0.717) is 30.3 Å². The summed E-state index contributed by atoms with van der Waals surface area (Å²) < 4.78 is 8.23. The lowest BCUT2D eigenvalue weighted by atomic mass is 9.88. The maximum atomic E-state index is 12.2. The molecular weight excluding hydrogens is 554 g/mol. The quantitative estimate of drug-likeness (QED) is 0.174. The number of fused-ring (bicyclic) bond motifs is 2. The summed E-state index contributed by atoms with van der Waals surface area (Å²) >= 11 is 7.88. The van der Waals surface area contributed by atoms with Gasteiger partial charge in [-0.1, -0.05) is 68.8 Å². The van der Waals surface area contributed by atoms with E-state index in [1.54, 1.807) is 31.8 Å². The molecule has 5 aromatic rings. The van der Waals surface area contributed by atoms with Crippen LogP contribution in [0, 0.1) is 5.41 Å². The number of para-hydroxylation sites is 1. The Morgan fingerprint density at radius 1 is 1.02 bits per heavy atom. The van der Waals surface area contributed by atoms with Gasteiger partial charge >= 0.3 is 5.97 Å². The molecule has 1 N–H and O–H groups in total. The highest BCUT2D eigenvalue weighted by atomic mass is 35.5. The Bertz CT molecular complexity index is 1720. The predicted octanol–water partition coefficient (Wildman–Crippen LogP) is 8.41. The highest BCUT2D eigenvalue weighted by Gasteiger charge is 2.33. The Balaban J connectivity index is 1.58. The van der Waals surface area contributed by atoms with Gasteiger partial charge in [-0.15, -0.1) is 11.8 Å². The molecule has 212 valence electrons. The number of thioether (sulfide) groups is 1. The van der Waals surface area contributed by atoms with Gasteiger partial charge in [-0.05, 0) is 49.7 Å². The van der Waals surface area contributed by atoms with Crippen molar-refractivity contribution in [1.29, 1.82) is 0 Å². The fourth-order valence-electron chi connectivity index (χ4n) is 4.68. The minimum Gasteiger partial charge on any atom is -0.486 e. The summed E-state index contributed by atoms with van der Waals surface area (Å²) in [6.07, 6.45) is 2.08. The number of rotatable bonds is 9. The molecular formula is C33H34ClN3O3S. The summed E-state index contributed by atoms with van der Waals surface area (Å²) in [6.45, 7) is 10.9. The lowest BCUT2D eigenvalue weighted by Crippen LogP contribution is -2.28. The van der Waals surface area contributed by atoms with Gasteiger partial charge in [-0.3, -0.25) is 4.79 Å². The number of nitrogens with zero attached hydrogens (tertiary/aromatic N) is 3. The topological polar surface area (TPSA) is 77.2 Å². The number of aliphatic carboxylic acids is 1. The largest absolute Gasteiger partial charge is 0.486 e. The van der Waals surface area contributed by atoms with E-state index in [4.69, 9.17) is 26.3 Å². The van der Waals surface area contributed by atoms with Crippen molar-refractivity contribution in [3.05, 3.63) is 94.9 Å². The van der Waals surface area contributed by atoms with Crippen molar-refractivity contribution in [3.8, 4) is 5.75 Å². The van der Waals surface area contributed by atoms with Crippen molar-refractivity contribution in [2.24, 2.45) is 5.41 Å². The molecule has 0 aliphatic carbocycles. The zero-order valence-electron chi connectivity index (χ0n) is 23.9. The van der Waals surface area contributed by atoms with Crippen LogP contribution in [0.15, 0.2) is 77.8 Å². The van der Waals surface area contributed by atoms with Crippen LogP contribution >= 0.6 is 23.4 Å². The number of hydrogen-bond acceptors (Lipinski definition) is 5. The maximum Gasteiger partial charge on any atom is 0.309 e. The van der Waals surface area contributed by atoms with Crippen LogP contribution in [0.3, 0.4) is 0 Å². The van der Waals surface area contributed by atoms with Crippen LogP contribution in [-0.2, 0) is 24.4 Å². The van der Waals surface area contributed by atoms with Gasteiger partial charge in [0, 0.05) is 44.1 Å². The lowest BCUT2D eigenvalue weighted by molar-refractivity contribution is -0.146. The van der Waals surface area contributed by atoms with Crippen LogP contribution in [0.5, 0.6) is 5.75 Å². The van der Waals surface area contributed by atoms with Gasteiger partial charge in [0.05, 0.1) is 22.8 Å². The predicted molar refractivity (Wildman–Crippen MR) is 167 cm³/mol. The third-order valence-corrected chi connectivity index (χ3v) is 8.35. The minimum absolute atomic E-state index is 0.118. The highest BCUT2D eigenvalue weighted by Crippen LogP contribution is 2.43. The molecule has 6 nitrogen and oxygen atoms in total. The molecule has 2 aromatic carbocycles. The molecule has 0 radical (unpaired) electrons. The van der Waals surface area contributed by atoms with Crippen LogP contribution in [0.4, 0.5) is 0 Å². The Labute approximate surface area is 249 Å². The van der Waals surface area contributed by atoms with E-state index in [2.05, 4.69) is 25.3 Å². The number of carbonyl (C=O) groups is 1. The first-order valence-corrected chi connectivity index (χ1v) is 14.7. The molecule has 3 aromatic heterocycles. The van der Waals surface area contributed by atoms with Gasteiger partial charge in [-0.2, -0.15) is 0 Å². The van der Waals surface area contributed by atoms with Crippen molar-refractivity contribution in [3.63, 3.8) is 0 Å². The molecule has 0 fully saturated rings. The number of carboxylic acid groups (broad SMARTS) is 1. The average molecular weight is 588 g/mol. The molecule has 0 amide bonds. The summed E-state index contributed by atoms with van der Waals surface area (Å²) in [4.78, 5) is 22.9. The average Bonchev–Trinajstić information content (AvgIpc) is 3.18. The van der Waals surface area contributed by atoms with Crippen molar-refractivity contribution >= 4 is 51.3 Å². The Kier molecular flexibility index (Phi) is 8.04. The molecule has 0 bridgehead atoms. The van der Waals surface area contributed by atoms with E-state index >= 15 is 0 Å². The first-order valence-electron chi connectivity index (χ1n) is 13.5. The van der Waals surface area contributed by atoms with E-state index < -0.39 is 11.4 Å². The molecule has 41 heavy (non-hydrogen) atoms. The van der Waals surface area contributed by atoms with Crippen LogP contribution in [0.1, 0.15) is 51.6 Å². The molecule has 0 atom stereocenters. The number of halogens is 1. The van der Waals surface area contributed by atoms with Gasteiger partial charge in [0.1, 0.15) is 18.0 Å². The van der Waals surface area contributed by atoms with Gasteiger partial charge in [0.15, 0.2) is 0 Å². The van der Waals surface area contributed by atoms with Crippen molar-refractivity contribution < 1.29 is 14.6 Å². The normalized spacial score (nSPS) is 12.2. The molecule has 3 heterocycles. The fourth-order valence-corrected chi connectivity index (χ4v) is 5.98. The van der Waals surface area contributed by atoms with Crippen LogP contribution < -0.4 is 4.74 Å². The van der Waals surface area contributed by atoms with Crippen molar-refractivity contribution in [2.75, 3.05) is 0 Å². The standard InChI is InChI=1S/C33H34ClN3O3S/c1-32(2,3)41-29-26-16-25(40-20-24-15-12-22-8-6-7-9-27(22)36-24)18-35-30(26)37(19-21-10-13-23(34)14-11-21)28(29)17-33(4,5)31(38)39/h6-16,18H,17,19-20H2,1-5H3,(H,38,39). The Hall–Kier alpha value is -3.55. The van der Waals surface area contributed by atoms with Gasteiger partial charge in [0.25, 0.3) is 0 Å². The fraction of sp³-hybridized carbons (Fsp3) is 0.303. The van der Waals surface area contributed by atoms with E-state index in [-0.39, 0.29) is 4.75 Å². The highest BCUT2D eigenvalue weighted by molar-refractivity contribution is 8.00. The van der Waals surface area contributed by atoms with Crippen LogP contribution in [-0.4, -0.2) is 30.4 Å². The second-order valence-electron chi connectivity index (χ2n) is 11.9. The molecule has 8 heteroatoms. The van der Waals surface area contributed by atoms with Gasteiger partial charge in [-0.25, -0.2) is 9.97 Å². The zero-order chi connectivity index (χ0) is 29.4. The monoisotopic (exact) mass is 587 g/mol. The van der Waals surface area contributed by atoms with E-state index in [0.717, 1.165) is 43.8 Å². The van der Waals surface area contributed by atoms with E-state index in [1.807, 2.05) is 66.7 Å². The van der Waals surface area contributed by atoms with Crippen LogP contribution in [0.25, 0.3) is 21.9 Å². The second kappa shape index (κ2) is 11.4. The summed E-state index contributed by atoms with van der Waals surface area (Å²) in [5, 5.41) is 12.7. The minimum atomic E-state index is -0.972. The summed E-state index contributed by atoms with van der Waals surface area (Å²) in [5.74, 6) is -0.205. The smallest absolute Gasteiger partial charge is 0.309 e. The summed E-state index contributed by atoms with van der Waals surface area (Å²) in [6, 6.07) is 21.8. The number of ether oxygens (including phenoxy) is 1. The summed E-state index contributed by atoms with van der Waals surface area (Å²) in [7, 11) is 0.